The van der Waals surface area contributed by atoms with Crippen LogP contribution in [0.3, 0.4) is 0 Å². The Labute approximate surface area is 156 Å². The Bertz CT molecular complexity index is 1000. The first-order chi connectivity index (χ1) is 13.4. The van der Waals surface area contributed by atoms with Crippen LogP contribution in [0, 0.1) is 0 Å². The van der Waals surface area contributed by atoms with Gasteiger partial charge in [0.15, 0.2) is 0 Å². The minimum absolute atomic E-state index is 0.998. The summed E-state index contributed by atoms with van der Waals surface area (Å²) in [6.45, 7) is 0. The van der Waals surface area contributed by atoms with Gasteiger partial charge in [-0.05, 0) is 42.5 Å². The molecule has 0 aliphatic rings. The number of pyridine rings is 3. The monoisotopic (exact) mass is 354 g/mol. The zero-order valence-electron chi connectivity index (χ0n) is 14.6. The van der Waals surface area contributed by atoms with Crippen LogP contribution in [-0.4, -0.2) is 28.4 Å². The summed E-state index contributed by atoms with van der Waals surface area (Å²) in [5.74, 6) is 0. The van der Waals surface area contributed by atoms with E-state index in [1.807, 2.05) is 105 Å². The lowest BCUT2D eigenvalue weighted by molar-refractivity contribution is 0.961. The van der Waals surface area contributed by atoms with Gasteiger partial charge in [-0.15, -0.1) is 0 Å². The van der Waals surface area contributed by atoms with Crippen LogP contribution in [0.1, 0.15) is 0 Å². The largest absolute Gasteiger partial charge is 0.307 e. The van der Waals surface area contributed by atoms with Gasteiger partial charge in [0.2, 0.25) is 0 Å². The molecule has 0 saturated carbocycles. The van der Waals surface area contributed by atoms with Gasteiger partial charge in [0.05, 0.1) is 23.6 Å². The minimum atomic E-state index is 0.998. The molecule has 6 nitrogen and oxygen atoms in total. The molecule has 0 bridgehead atoms. The fourth-order valence-corrected chi connectivity index (χ4v) is 2.60. The standard InChI is InChI=1S/3C7H6N2/c1-2-6-9-7(3-1)4-5-8-9;1-2-5-9-6-4-8-7(9)3-1;1-2-4-9-6-8-5-7(9)3-1/h3*1-6H. The van der Waals surface area contributed by atoms with Crippen molar-refractivity contribution in [3.63, 3.8) is 0 Å². The smallest absolute Gasteiger partial charge is 0.136 e. The molecule has 0 N–H and O–H groups in total. The Morgan fingerprint density at radius 3 is 2.22 bits per heavy atom. The maximum atomic E-state index is 4.08. The summed E-state index contributed by atoms with van der Waals surface area (Å²) >= 11 is 0. The summed E-state index contributed by atoms with van der Waals surface area (Å²) in [7, 11) is 0. The molecule has 0 radical (unpaired) electrons. The van der Waals surface area contributed by atoms with Gasteiger partial charge in [-0.3, -0.25) is 0 Å². The molecule has 6 heterocycles. The van der Waals surface area contributed by atoms with E-state index in [0.29, 0.717) is 0 Å². The maximum Gasteiger partial charge on any atom is 0.136 e. The predicted octanol–water partition coefficient (Wildman–Crippen LogP) is 4.00. The van der Waals surface area contributed by atoms with Crippen LogP contribution in [0.15, 0.2) is 110 Å². The van der Waals surface area contributed by atoms with Crippen LogP contribution in [0.5, 0.6) is 0 Å². The predicted molar refractivity (Wildman–Crippen MR) is 106 cm³/mol. The van der Waals surface area contributed by atoms with E-state index in [1.165, 1.54) is 0 Å². The van der Waals surface area contributed by atoms with Crippen LogP contribution in [0.4, 0.5) is 0 Å². The average molecular weight is 354 g/mol. The second-order valence-electron chi connectivity index (χ2n) is 5.72. The van der Waals surface area contributed by atoms with Crippen molar-refractivity contribution in [2.75, 3.05) is 0 Å². The highest BCUT2D eigenvalue weighted by Crippen LogP contribution is 1.99. The molecule has 0 spiro atoms. The molecular weight excluding hydrogens is 336 g/mol. The van der Waals surface area contributed by atoms with Crippen molar-refractivity contribution >= 4 is 16.7 Å². The third kappa shape index (κ3) is 4.01. The number of aromatic nitrogens is 6. The zero-order chi connectivity index (χ0) is 18.3. The molecule has 0 aromatic carbocycles. The van der Waals surface area contributed by atoms with Gasteiger partial charge in [-0.25, -0.2) is 14.5 Å². The van der Waals surface area contributed by atoms with Gasteiger partial charge < -0.3 is 8.80 Å². The number of fused-ring (bicyclic) bond motifs is 3. The molecule has 0 aliphatic heterocycles. The summed E-state index contributed by atoms with van der Waals surface area (Å²) in [6, 6.07) is 19.9. The lowest BCUT2D eigenvalue weighted by Crippen LogP contribution is -1.81. The molecule has 0 saturated heterocycles. The van der Waals surface area contributed by atoms with Crippen molar-refractivity contribution < 1.29 is 0 Å². The lowest BCUT2D eigenvalue weighted by atomic mass is 10.4. The van der Waals surface area contributed by atoms with Crippen LogP contribution in [0.25, 0.3) is 16.7 Å². The Balaban J connectivity index is 0.0000001000. The van der Waals surface area contributed by atoms with Gasteiger partial charge in [0, 0.05) is 37.2 Å². The number of hydrogen-bond acceptors (Lipinski definition) is 3. The summed E-state index contributed by atoms with van der Waals surface area (Å²) in [5.41, 5.74) is 3.27. The highest BCUT2D eigenvalue weighted by atomic mass is 15.2. The van der Waals surface area contributed by atoms with Crippen LogP contribution in [-0.2, 0) is 0 Å². The second-order valence-corrected chi connectivity index (χ2v) is 5.72. The fraction of sp³-hybridized carbons (Fsp3) is 0. The first-order valence-corrected chi connectivity index (χ1v) is 8.53. The van der Waals surface area contributed by atoms with Gasteiger partial charge >= 0.3 is 0 Å². The fourth-order valence-electron chi connectivity index (χ4n) is 2.60. The molecule has 0 atom stereocenters. The topological polar surface area (TPSA) is 51.9 Å². The highest BCUT2D eigenvalue weighted by Gasteiger charge is 1.87. The number of nitrogens with zero attached hydrogens (tertiary/aromatic N) is 6. The highest BCUT2D eigenvalue weighted by molar-refractivity contribution is 5.44. The molecule has 6 rings (SSSR count). The lowest BCUT2D eigenvalue weighted by Gasteiger charge is -1.86. The molecule has 0 amide bonds. The SMILES string of the molecule is c1ccn2ccnc2c1.c1ccn2cncc2c1.c1ccn2nccc2c1. The van der Waals surface area contributed by atoms with Crippen molar-refractivity contribution in [3.8, 4) is 0 Å². The average Bonchev–Trinajstić information content (AvgIpc) is 3.48. The normalized spacial score (nSPS) is 10.2. The molecule has 6 heteroatoms. The van der Waals surface area contributed by atoms with Gasteiger partial charge in [-0.1, -0.05) is 18.2 Å². The molecule has 0 fully saturated rings. The van der Waals surface area contributed by atoms with Crippen molar-refractivity contribution in [1.29, 1.82) is 0 Å². The van der Waals surface area contributed by atoms with E-state index >= 15 is 0 Å². The van der Waals surface area contributed by atoms with E-state index in [4.69, 9.17) is 0 Å². The summed E-state index contributed by atoms with van der Waals surface area (Å²) in [6.07, 6.45) is 15.0. The minimum Gasteiger partial charge on any atom is -0.307 e. The van der Waals surface area contributed by atoms with Gasteiger partial charge in [0.1, 0.15) is 5.65 Å². The van der Waals surface area contributed by atoms with E-state index < -0.39 is 0 Å². The quantitative estimate of drug-likeness (QED) is 0.414. The Morgan fingerprint density at radius 2 is 1.41 bits per heavy atom. The molecule has 0 aliphatic carbocycles. The van der Waals surface area contributed by atoms with Crippen LogP contribution in [0.2, 0.25) is 0 Å². The summed E-state index contributed by atoms with van der Waals surface area (Å²) in [5, 5.41) is 4.04. The molecule has 6 aromatic heterocycles. The van der Waals surface area contributed by atoms with E-state index in [9.17, 15) is 0 Å². The van der Waals surface area contributed by atoms with E-state index in [1.54, 1.807) is 18.7 Å². The summed E-state index contributed by atoms with van der Waals surface area (Å²) in [4.78, 5) is 8.05. The third-order valence-corrected chi connectivity index (χ3v) is 3.93. The number of hydrogen-bond donors (Lipinski definition) is 0. The summed E-state index contributed by atoms with van der Waals surface area (Å²) < 4.78 is 5.78. The van der Waals surface area contributed by atoms with Crippen molar-refractivity contribution in [2.45, 2.75) is 0 Å². The van der Waals surface area contributed by atoms with Crippen LogP contribution < -0.4 is 0 Å². The van der Waals surface area contributed by atoms with E-state index in [-0.39, 0.29) is 0 Å². The van der Waals surface area contributed by atoms with Crippen LogP contribution >= 0.6 is 0 Å². The molecule has 6 aromatic rings. The molecule has 132 valence electrons. The van der Waals surface area contributed by atoms with E-state index in [0.717, 1.165) is 16.7 Å². The first kappa shape index (κ1) is 16.5. The number of imidazole rings is 2. The van der Waals surface area contributed by atoms with Gasteiger partial charge in [-0.2, -0.15) is 5.10 Å². The first-order valence-electron chi connectivity index (χ1n) is 8.53. The zero-order valence-corrected chi connectivity index (χ0v) is 14.6. The maximum absolute atomic E-state index is 4.08. The van der Waals surface area contributed by atoms with Gasteiger partial charge in [0.25, 0.3) is 0 Å². The Hall–Kier alpha value is -3.93. The molecule has 27 heavy (non-hydrogen) atoms. The molecule has 0 unspecified atom stereocenters. The third-order valence-electron chi connectivity index (χ3n) is 3.93. The van der Waals surface area contributed by atoms with Crippen molar-refractivity contribution in [2.24, 2.45) is 0 Å². The Morgan fingerprint density at radius 1 is 0.630 bits per heavy atom. The Kier molecular flexibility index (Phi) is 4.88. The molecular formula is C21H18N6. The van der Waals surface area contributed by atoms with E-state index in [2.05, 4.69) is 15.1 Å². The van der Waals surface area contributed by atoms with Crippen molar-refractivity contribution in [1.82, 2.24) is 28.4 Å². The second kappa shape index (κ2) is 7.97. The van der Waals surface area contributed by atoms with Crippen molar-refractivity contribution in [3.05, 3.63) is 110 Å². The number of rotatable bonds is 0.